The van der Waals surface area contributed by atoms with Gasteiger partial charge in [-0.3, -0.25) is 4.79 Å². The molecule has 8 nitrogen and oxygen atoms in total. The summed E-state index contributed by atoms with van der Waals surface area (Å²) >= 11 is 6.17. The third-order valence-corrected chi connectivity index (χ3v) is 6.63. The summed E-state index contributed by atoms with van der Waals surface area (Å²) in [6.45, 7) is 3.31. The van der Waals surface area contributed by atoms with Gasteiger partial charge in [0, 0.05) is 25.5 Å². The fraction of sp³-hybridized carbons (Fsp3) is 0.304. The molecule has 1 heterocycles. The third kappa shape index (κ3) is 7.31. The van der Waals surface area contributed by atoms with Crippen molar-refractivity contribution in [1.82, 2.24) is 19.6 Å². The second kappa shape index (κ2) is 11.8. The maximum Gasteiger partial charge on any atom is 0.241 e. The van der Waals surface area contributed by atoms with E-state index in [9.17, 15) is 13.2 Å². The first-order valence-corrected chi connectivity index (χ1v) is 12.5. The van der Waals surface area contributed by atoms with Gasteiger partial charge < -0.3 is 14.6 Å². The van der Waals surface area contributed by atoms with Gasteiger partial charge in [0.15, 0.2) is 0 Å². The first kappa shape index (κ1) is 24.8. The van der Waals surface area contributed by atoms with Gasteiger partial charge in [-0.25, -0.2) is 13.4 Å². The summed E-state index contributed by atoms with van der Waals surface area (Å²) < 4.78 is 35.9. The second-order valence-electron chi connectivity index (χ2n) is 7.33. The second-order valence-corrected chi connectivity index (χ2v) is 9.46. The molecule has 2 aromatic carbocycles. The SMILES string of the molecule is CCOc1ccc(S(=O)(=O)N[C@@H](Cc2ccccc2)C(=O)NCCCn2ccnc2)cc1Cl. The smallest absolute Gasteiger partial charge is 0.241 e. The molecule has 0 radical (unpaired) electrons. The van der Waals surface area contributed by atoms with Crippen LogP contribution in [-0.4, -0.2) is 43.1 Å². The minimum atomic E-state index is -4.01. The number of sulfonamides is 1. The number of hydrogen-bond donors (Lipinski definition) is 2. The summed E-state index contributed by atoms with van der Waals surface area (Å²) in [6.07, 6.45) is 6.13. The zero-order valence-electron chi connectivity index (χ0n) is 18.3. The van der Waals surface area contributed by atoms with Crippen molar-refractivity contribution in [2.75, 3.05) is 13.2 Å². The third-order valence-electron chi connectivity index (χ3n) is 4.86. The molecule has 10 heteroatoms. The Morgan fingerprint density at radius 3 is 2.67 bits per heavy atom. The molecule has 1 atom stereocenters. The minimum Gasteiger partial charge on any atom is -0.492 e. The Hall–Kier alpha value is -2.88. The van der Waals surface area contributed by atoms with Gasteiger partial charge in [-0.15, -0.1) is 0 Å². The van der Waals surface area contributed by atoms with Crippen LogP contribution in [0.4, 0.5) is 0 Å². The summed E-state index contributed by atoms with van der Waals surface area (Å²) in [7, 11) is -4.01. The molecule has 0 aliphatic carbocycles. The van der Waals surface area contributed by atoms with Crippen LogP contribution in [0.3, 0.4) is 0 Å². The number of nitrogens with zero attached hydrogens (tertiary/aromatic N) is 2. The largest absolute Gasteiger partial charge is 0.492 e. The molecular formula is C23H27ClN4O4S. The zero-order valence-corrected chi connectivity index (χ0v) is 19.8. The van der Waals surface area contributed by atoms with Gasteiger partial charge in [-0.1, -0.05) is 41.9 Å². The average Bonchev–Trinajstić information content (AvgIpc) is 3.32. The van der Waals surface area contributed by atoms with Crippen LogP contribution in [0.15, 0.2) is 72.1 Å². The summed E-state index contributed by atoms with van der Waals surface area (Å²) in [6, 6.07) is 12.5. The molecule has 1 amide bonds. The quantitative estimate of drug-likeness (QED) is 0.380. The van der Waals surface area contributed by atoms with E-state index in [2.05, 4.69) is 15.0 Å². The Morgan fingerprint density at radius 2 is 2.00 bits per heavy atom. The van der Waals surface area contributed by atoms with Crippen LogP contribution in [-0.2, 0) is 27.8 Å². The molecule has 176 valence electrons. The Labute approximate surface area is 199 Å². The predicted molar refractivity (Wildman–Crippen MR) is 127 cm³/mol. The van der Waals surface area contributed by atoms with Crippen LogP contribution in [0, 0.1) is 0 Å². The van der Waals surface area contributed by atoms with E-state index < -0.39 is 22.0 Å². The maximum atomic E-state index is 13.0. The summed E-state index contributed by atoms with van der Waals surface area (Å²) in [5.74, 6) is -0.000296. The molecule has 0 saturated heterocycles. The minimum absolute atomic E-state index is 0.0399. The summed E-state index contributed by atoms with van der Waals surface area (Å²) in [5, 5.41) is 3.01. The van der Waals surface area contributed by atoms with Crippen LogP contribution < -0.4 is 14.8 Å². The van der Waals surface area contributed by atoms with Crippen LogP contribution in [0.2, 0.25) is 5.02 Å². The molecule has 0 fully saturated rings. The lowest BCUT2D eigenvalue weighted by atomic mass is 10.1. The van der Waals surface area contributed by atoms with Gasteiger partial charge in [0.1, 0.15) is 11.8 Å². The molecule has 3 rings (SSSR count). The van der Waals surface area contributed by atoms with Crippen molar-refractivity contribution in [2.45, 2.75) is 37.2 Å². The molecule has 0 bridgehead atoms. The van der Waals surface area contributed by atoms with Crippen molar-refractivity contribution < 1.29 is 17.9 Å². The molecule has 2 N–H and O–H groups in total. The van der Waals surface area contributed by atoms with Crippen molar-refractivity contribution in [2.24, 2.45) is 0 Å². The monoisotopic (exact) mass is 490 g/mol. The molecule has 0 spiro atoms. The zero-order chi connectivity index (χ0) is 23.7. The highest BCUT2D eigenvalue weighted by Crippen LogP contribution is 2.27. The fourth-order valence-corrected chi connectivity index (χ4v) is 4.75. The van der Waals surface area contributed by atoms with Crippen LogP contribution in [0.1, 0.15) is 18.9 Å². The Balaban J connectivity index is 1.71. The van der Waals surface area contributed by atoms with Crippen molar-refractivity contribution in [3.8, 4) is 5.75 Å². The van der Waals surface area contributed by atoms with Crippen molar-refractivity contribution >= 4 is 27.5 Å². The Bertz CT molecular complexity index is 1140. The van der Waals surface area contributed by atoms with E-state index in [-0.39, 0.29) is 16.3 Å². The molecule has 0 saturated carbocycles. The van der Waals surface area contributed by atoms with E-state index in [1.54, 1.807) is 12.5 Å². The fourth-order valence-electron chi connectivity index (χ4n) is 3.23. The van der Waals surface area contributed by atoms with E-state index in [0.717, 1.165) is 5.56 Å². The van der Waals surface area contributed by atoms with E-state index in [4.69, 9.17) is 16.3 Å². The predicted octanol–water partition coefficient (Wildman–Crippen LogP) is 3.03. The highest BCUT2D eigenvalue weighted by Gasteiger charge is 2.26. The van der Waals surface area contributed by atoms with Crippen LogP contribution >= 0.6 is 11.6 Å². The summed E-state index contributed by atoms with van der Waals surface area (Å²) in [4.78, 5) is 16.9. The summed E-state index contributed by atoms with van der Waals surface area (Å²) in [5.41, 5.74) is 0.837. The van der Waals surface area contributed by atoms with Gasteiger partial charge >= 0.3 is 0 Å². The first-order valence-electron chi connectivity index (χ1n) is 10.6. The van der Waals surface area contributed by atoms with Gasteiger partial charge in [-0.05, 0) is 43.5 Å². The molecule has 3 aromatic rings. The van der Waals surface area contributed by atoms with Crippen molar-refractivity contribution in [1.29, 1.82) is 0 Å². The standard InChI is InChI=1S/C23H27ClN4O4S/c1-2-32-22-10-9-19(16-20(22)24)33(30,31)27-21(15-18-7-4-3-5-8-18)23(29)26-11-6-13-28-14-12-25-17-28/h3-5,7-10,12,14,16-17,21,27H,2,6,11,13,15H2,1H3,(H,26,29)/t21-/m0/s1. The number of carbonyl (C=O) groups is 1. The van der Waals surface area contributed by atoms with Gasteiger partial charge in [-0.2, -0.15) is 4.72 Å². The van der Waals surface area contributed by atoms with Gasteiger partial charge in [0.25, 0.3) is 0 Å². The number of halogens is 1. The van der Waals surface area contributed by atoms with E-state index in [0.29, 0.717) is 31.9 Å². The lowest BCUT2D eigenvalue weighted by molar-refractivity contribution is -0.122. The van der Waals surface area contributed by atoms with E-state index in [1.807, 2.05) is 48.0 Å². The number of carbonyl (C=O) groups excluding carboxylic acids is 1. The maximum absolute atomic E-state index is 13.0. The molecule has 0 aliphatic heterocycles. The van der Waals surface area contributed by atoms with E-state index >= 15 is 0 Å². The van der Waals surface area contributed by atoms with Crippen LogP contribution in [0.25, 0.3) is 0 Å². The number of hydrogen-bond acceptors (Lipinski definition) is 5. The molecule has 0 aliphatic rings. The lowest BCUT2D eigenvalue weighted by Gasteiger charge is -2.19. The Kier molecular flexibility index (Phi) is 8.87. The number of nitrogens with one attached hydrogen (secondary N) is 2. The van der Waals surface area contributed by atoms with E-state index in [1.165, 1.54) is 18.2 Å². The lowest BCUT2D eigenvalue weighted by Crippen LogP contribution is -2.48. The number of ether oxygens (including phenoxy) is 1. The molecular weight excluding hydrogens is 464 g/mol. The average molecular weight is 491 g/mol. The normalized spacial score (nSPS) is 12.3. The first-order chi connectivity index (χ1) is 15.9. The van der Waals surface area contributed by atoms with Gasteiger partial charge in [0.2, 0.25) is 15.9 Å². The number of rotatable bonds is 12. The molecule has 33 heavy (non-hydrogen) atoms. The van der Waals surface area contributed by atoms with Crippen LogP contribution in [0.5, 0.6) is 5.75 Å². The molecule has 1 aromatic heterocycles. The highest BCUT2D eigenvalue weighted by atomic mass is 35.5. The number of amides is 1. The topological polar surface area (TPSA) is 102 Å². The highest BCUT2D eigenvalue weighted by molar-refractivity contribution is 7.89. The van der Waals surface area contributed by atoms with Crippen molar-refractivity contribution in [3.05, 3.63) is 77.8 Å². The Morgan fingerprint density at radius 1 is 1.21 bits per heavy atom. The van der Waals surface area contributed by atoms with Crippen molar-refractivity contribution in [3.63, 3.8) is 0 Å². The van der Waals surface area contributed by atoms with Gasteiger partial charge in [0.05, 0.1) is 22.9 Å². The number of imidazole rings is 1. The number of aryl methyl sites for hydroxylation is 1. The number of benzene rings is 2. The molecule has 0 unspecified atom stereocenters. The number of aromatic nitrogens is 2.